The molecule has 0 N–H and O–H groups in total. The minimum absolute atomic E-state index is 0.0473. The van der Waals surface area contributed by atoms with Crippen molar-refractivity contribution < 1.29 is 14.1 Å². The Balaban J connectivity index is 1.71. The van der Waals surface area contributed by atoms with E-state index in [0.29, 0.717) is 48.7 Å². The van der Waals surface area contributed by atoms with Gasteiger partial charge in [0.25, 0.3) is 11.6 Å². The van der Waals surface area contributed by atoms with E-state index >= 15 is 0 Å². The number of nitrogens with zero attached hydrogens (tertiary/aromatic N) is 3. The van der Waals surface area contributed by atoms with Crippen molar-refractivity contribution in [2.75, 3.05) is 26.3 Å². The summed E-state index contributed by atoms with van der Waals surface area (Å²) in [6.45, 7) is 2.24. The lowest BCUT2D eigenvalue weighted by Crippen LogP contribution is -2.40. The second-order valence-electron chi connectivity index (χ2n) is 6.51. The maximum absolute atomic E-state index is 13.4. The molecule has 1 fully saturated rings. The Labute approximate surface area is 165 Å². The summed E-state index contributed by atoms with van der Waals surface area (Å²) < 4.78 is 11.0. The summed E-state index contributed by atoms with van der Waals surface area (Å²) >= 11 is 1.57. The van der Waals surface area contributed by atoms with E-state index in [-0.39, 0.29) is 5.91 Å². The van der Waals surface area contributed by atoms with Crippen LogP contribution in [0.5, 0.6) is 0 Å². The zero-order valence-electron chi connectivity index (χ0n) is 15.0. The highest BCUT2D eigenvalue weighted by molar-refractivity contribution is 7.13. The molecule has 4 aromatic rings. The van der Waals surface area contributed by atoms with E-state index in [2.05, 4.69) is 10.1 Å². The van der Waals surface area contributed by atoms with Gasteiger partial charge in [0.15, 0.2) is 0 Å². The smallest absolute Gasteiger partial charge is 0.259 e. The van der Waals surface area contributed by atoms with Crippen molar-refractivity contribution in [2.24, 2.45) is 0 Å². The van der Waals surface area contributed by atoms with Gasteiger partial charge in [0.1, 0.15) is 5.69 Å². The lowest BCUT2D eigenvalue weighted by Gasteiger charge is -2.27. The molecule has 28 heavy (non-hydrogen) atoms. The highest BCUT2D eigenvalue weighted by Crippen LogP contribution is 2.34. The number of rotatable bonds is 3. The van der Waals surface area contributed by atoms with Crippen molar-refractivity contribution in [3.05, 3.63) is 59.5 Å². The molecule has 0 atom stereocenters. The lowest BCUT2D eigenvalue weighted by molar-refractivity contribution is 0.0304. The maximum atomic E-state index is 13.4. The Bertz CT molecular complexity index is 1120. The number of carbonyl (C=O) groups is 1. The quantitative estimate of drug-likeness (QED) is 0.526. The molecule has 5 rings (SSSR count). The van der Waals surface area contributed by atoms with Gasteiger partial charge in [-0.25, -0.2) is 4.98 Å². The fraction of sp³-hybridized carbons (Fsp3) is 0.190. The molecule has 1 aliphatic heterocycles. The highest BCUT2D eigenvalue weighted by Gasteiger charge is 2.26. The number of pyridine rings is 1. The van der Waals surface area contributed by atoms with Crippen LogP contribution in [0, 0.1) is 0 Å². The summed E-state index contributed by atoms with van der Waals surface area (Å²) in [4.78, 5) is 20.8. The van der Waals surface area contributed by atoms with Crippen LogP contribution in [-0.2, 0) is 4.74 Å². The average Bonchev–Trinajstić information content (AvgIpc) is 3.44. The Hall–Kier alpha value is -3.03. The minimum atomic E-state index is -0.0473. The lowest BCUT2D eigenvalue weighted by atomic mass is 10.0. The second kappa shape index (κ2) is 7.18. The standard InChI is InChI=1S/C21H17N3O3S/c25-21(24-8-10-26-11-9-24)15-13-16(17-7-4-12-28-17)22-20-18(15)19(23-27-20)14-5-2-1-3-6-14/h1-7,12-13H,8-11H2. The SMILES string of the molecule is O=C(c1cc(-c2cccs2)nc2onc(-c3ccccc3)c12)N1CCOCC1. The first kappa shape index (κ1) is 17.1. The number of hydrogen-bond acceptors (Lipinski definition) is 6. The molecule has 140 valence electrons. The molecule has 1 aliphatic rings. The van der Waals surface area contributed by atoms with E-state index in [0.717, 1.165) is 16.1 Å². The van der Waals surface area contributed by atoms with Crippen molar-refractivity contribution in [3.63, 3.8) is 0 Å². The topological polar surface area (TPSA) is 68.5 Å². The molecular formula is C21H17N3O3S. The third-order valence-electron chi connectivity index (χ3n) is 4.80. The van der Waals surface area contributed by atoms with Gasteiger partial charge in [-0.3, -0.25) is 4.79 Å². The number of amides is 1. The molecular weight excluding hydrogens is 374 g/mol. The first-order valence-corrected chi connectivity index (χ1v) is 9.96. The number of morpholine rings is 1. The van der Waals surface area contributed by atoms with Gasteiger partial charge < -0.3 is 14.2 Å². The van der Waals surface area contributed by atoms with Gasteiger partial charge in [0.05, 0.1) is 34.7 Å². The number of ether oxygens (including phenoxy) is 1. The van der Waals surface area contributed by atoms with Crippen molar-refractivity contribution in [1.29, 1.82) is 0 Å². The second-order valence-corrected chi connectivity index (χ2v) is 7.46. The van der Waals surface area contributed by atoms with Gasteiger partial charge in [0, 0.05) is 18.7 Å². The molecule has 0 aliphatic carbocycles. The van der Waals surface area contributed by atoms with Crippen LogP contribution in [-0.4, -0.2) is 47.3 Å². The number of fused-ring (bicyclic) bond motifs is 1. The fourth-order valence-corrected chi connectivity index (χ4v) is 4.09. The molecule has 4 heterocycles. The number of thiophene rings is 1. The normalized spacial score (nSPS) is 14.5. The van der Waals surface area contributed by atoms with Gasteiger partial charge >= 0.3 is 0 Å². The van der Waals surface area contributed by atoms with Crippen LogP contribution in [0.15, 0.2) is 58.4 Å². The molecule has 0 saturated carbocycles. The zero-order valence-corrected chi connectivity index (χ0v) is 15.8. The Kier molecular flexibility index (Phi) is 4.38. The fourth-order valence-electron chi connectivity index (χ4n) is 3.40. The van der Waals surface area contributed by atoms with Crippen LogP contribution < -0.4 is 0 Å². The number of aromatic nitrogens is 2. The van der Waals surface area contributed by atoms with Crippen LogP contribution in [0.1, 0.15) is 10.4 Å². The Morgan fingerprint density at radius 2 is 1.89 bits per heavy atom. The van der Waals surface area contributed by atoms with Crippen molar-refractivity contribution in [3.8, 4) is 21.8 Å². The molecule has 0 bridgehead atoms. The van der Waals surface area contributed by atoms with Crippen LogP contribution >= 0.6 is 11.3 Å². The molecule has 0 spiro atoms. The van der Waals surface area contributed by atoms with Crippen LogP contribution in [0.3, 0.4) is 0 Å². The summed E-state index contributed by atoms with van der Waals surface area (Å²) in [6, 6.07) is 15.5. The molecule has 0 unspecified atom stereocenters. The monoisotopic (exact) mass is 391 g/mol. The molecule has 1 saturated heterocycles. The first-order valence-electron chi connectivity index (χ1n) is 9.08. The van der Waals surface area contributed by atoms with Crippen molar-refractivity contribution in [1.82, 2.24) is 15.0 Å². The average molecular weight is 391 g/mol. The predicted molar refractivity (Wildman–Crippen MR) is 107 cm³/mol. The summed E-state index contributed by atoms with van der Waals surface area (Å²) in [5.74, 6) is -0.0473. The Morgan fingerprint density at radius 1 is 1.07 bits per heavy atom. The summed E-state index contributed by atoms with van der Waals surface area (Å²) in [5, 5.41) is 6.89. The molecule has 6 nitrogen and oxygen atoms in total. The van der Waals surface area contributed by atoms with Gasteiger partial charge in [-0.15, -0.1) is 11.3 Å². The molecule has 7 heteroatoms. The van der Waals surface area contributed by atoms with Crippen LogP contribution in [0.2, 0.25) is 0 Å². The zero-order chi connectivity index (χ0) is 18.9. The summed E-state index contributed by atoms with van der Waals surface area (Å²) in [7, 11) is 0. The van der Waals surface area contributed by atoms with E-state index in [1.807, 2.05) is 58.8 Å². The highest BCUT2D eigenvalue weighted by atomic mass is 32.1. The van der Waals surface area contributed by atoms with Gasteiger partial charge in [-0.2, -0.15) is 0 Å². The molecule has 1 amide bonds. The third kappa shape index (κ3) is 2.98. The van der Waals surface area contributed by atoms with Gasteiger partial charge in [-0.1, -0.05) is 41.6 Å². The van der Waals surface area contributed by atoms with Gasteiger partial charge in [-0.05, 0) is 17.5 Å². The predicted octanol–water partition coefficient (Wildman–Crippen LogP) is 4.09. The number of carbonyl (C=O) groups excluding carboxylic acids is 1. The number of hydrogen-bond donors (Lipinski definition) is 0. The van der Waals surface area contributed by atoms with E-state index in [4.69, 9.17) is 9.26 Å². The van der Waals surface area contributed by atoms with Gasteiger partial charge in [0.2, 0.25) is 0 Å². The largest absolute Gasteiger partial charge is 0.378 e. The first-order chi connectivity index (χ1) is 13.8. The summed E-state index contributed by atoms with van der Waals surface area (Å²) in [5.41, 5.74) is 3.19. The van der Waals surface area contributed by atoms with E-state index in [1.165, 1.54) is 0 Å². The number of benzene rings is 1. The van der Waals surface area contributed by atoms with E-state index in [1.54, 1.807) is 11.3 Å². The third-order valence-corrected chi connectivity index (χ3v) is 5.69. The van der Waals surface area contributed by atoms with Crippen LogP contribution in [0.4, 0.5) is 0 Å². The Morgan fingerprint density at radius 3 is 2.64 bits per heavy atom. The van der Waals surface area contributed by atoms with E-state index < -0.39 is 0 Å². The molecule has 1 aromatic carbocycles. The van der Waals surface area contributed by atoms with Crippen molar-refractivity contribution in [2.45, 2.75) is 0 Å². The maximum Gasteiger partial charge on any atom is 0.259 e. The van der Waals surface area contributed by atoms with E-state index in [9.17, 15) is 4.79 Å². The molecule has 3 aromatic heterocycles. The van der Waals surface area contributed by atoms with Crippen molar-refractivity contribution >= 4 is 28.3 Å². The summed E-state index contributed by atoms with van der Waals surface area (Å²) in [6.07, 6.45) is 0. The van der Waals surface area contributed by atoms with Crippen LogP contribution in [0.25, 0.3) is 32.9 Å². The molecule has 0 radical (unpaired) electrons. The minimum Gasteiger partial charge on any atom is -0.378 e.